The van der Waals surface area contributed by atoms with Crippen molar-refractivity contribution in [3.63, 3.8) is 0 Å². The Hall–Kier alpha value is -1.57. The molecule has 0 atom stereocenters. The van der Waals surface area contributed by atoms with Crippen LogP contribution in [0.25, 0.3) is 0 Å². The molecule has 8 heteroatoms. The van der Waals surface area contributed by atoms with E-state index in [1.165, 1.54) is 23.1 Å². The lowest BCUT2D eigenvalue weighted by atomic mass is 10.1. The lowest BCUT2D eigenvalue weighted by Crippen LogP contribution is -2.14. The van der Waals surface area contributed by atoms with Gasteiger partial charge in [-0.3, -0.25) is 9.59 Å². The number of amides is 2. The molecule has 0 aliphatic heterocycles. The van der Waals surface area contributed by atoms with E-state index in [0.717, 1.165) is 15.5 Å². The number of carbonyl (C=O) groups is 2. The zero-order chi connectivity index (χ0) is 16.1. The number of aryl methyl sites for hydroxylation is 1. The number of rotatable bonds is 6. The highest BCUT2D eigenvalue weighted by Gasteiger charge is 2.13. The van der Waals surface area contributed by atoms with Crippen LogP contribution in [0.3, 0.4) is 0 Å². The van der Waals surface area contributed by atoms with Crippen molar-refractivity contribution < 1.29 is 9.59 Å². The maximum Gasteiger partial charge on any atom is 0.230 e. The van der Waals surface area contributed by atoms with Gasteiger partial charge in [-0.15, -0.1) is 11.8 Å². The van der Waals surface area contributed by atoms with Crippen molar-refractivity contribution in [1.82, 2.24) is 4.98 Å². The smallest absolute Gasteiger partial charge is 0.230 e. The molecule has 0 fully saturated rings. The van der Waals surface area contributed by atoms with Crippen LogP contribution in [0.2, 0.25) is 5.02 Å². The fourth-order valence-electron chi connectivity index (χ4n) is 1.68. The maximum atomic E-state index is 12.0. The van der Waals surface area contributed by atoms with Gasteiger partial charge in [0.15, 0.2) is 5.13 Å². The summed E-state index contributed by atoms with van der Waals surface area (Å²) in [5.41, 5.74) is 6.65. The Morgan fingerprint density at radius 1 is 1.41 bits per heavy atom. The standard InChI is InChI=1S/C14H14ClN3O2S2/c1-8-13(21-7-11(16)19)22-14(17-8)18-12(20)6-9-4-2-3-5-10(9)15/h2-5H,6-7H2,1H3,(H2,16,19)(H,17,18,20). The third-order valence-electron chi connectivity index (χ3n) is 2.65. The summed E-state index contributed by atoms with van der Waals surface area (Å²) < 4.78 is 0.867. The normalized spacial score (nSPS) is 10.5. The van der Waals surface area contributed by atoms with Gasteiger partial charge in [-0.05, 0) is 18.6 Å². The van der Waals surface area contributed by atoms with E-state index in [0.29, 0.717) is 10.2 Å². The summed E-state index contributed by atoms with van der Waals surface area (Å²) in [6.45, 7) is 1.82. The van der Waals surface area contributed by atoms with Crippen molar-refractivity contribution in [2.45, 2.75) is 17.6 Å². The first kappa shape index (κ1) is 16.8. The molecule has 3 N–H and O–H groups in total. The number of primary amides is 1. The molecular formula is C14H14ClN3O2S2. The number of hydrogen-bond acceptors (Lipinski definition) is 5. The number of nitrogens with zero attached hydrogens (tertiary/aromatic N) is 1. The number of nitrogens with one attached hydrogen (secondary N) is 1. The topological polar surface area (TPSA) is 85.1 Å². The van der Waals surface area contributed by atoms with Gasteiger partial charge in [-0.2, -0.15) is 0 Å². The van der Waals surface area contributed by atoms with Crippen LogP contribution in [0.15, 0.2) is 28.5 Å². The van der Waals surface area contributed by atoms with Gasteiger partial charge < -0.3 is 11.1 Å². The molecule has 0 aliphatic carbocycles. The number of carbonyl (C=O) groups excluding carboxylic acids is 2. The summed E-state index contributed by atoms with van der Waals surface area (Å²) in [6.07, 6.45) is 0.183. The maximum absolute atomic E-state index is 12.0. The average molecular weight is 356 g/mol. The molecule has 0 bridgehead atoms. The third-order valence-corrected chi connectivity index (χ3v) is 5.48. The Bertz CT molecular complexity index is 703. The monoisotopic (exact) mass is 355 g/mol. The van der Waals surface area contributed by atoms with Crippen molar-refractivity contribution in [3.05, 3.63) is 40.5 Å². The van der Waals surface area contributed by atoms with Gasteiger partial charge in [0.2, 0.25) is 11.8 Å². The predicted octanol–water partition coefficient (Wildman–Crippen LogP) is 2.86. The Labute approximate surface area is 141 Å². The molecule has 116 valence electrons. The Kier molecular flexibility index (Phi) is 5.82. The van der Waals surface area contributed by atoms with E-state index in [2.05, 4.69) is 10.3 Å². The SMILES string of the molecule is Cc1nc(NC(=O)Cc2ccccc2Cl)sc1SCC(N)=O. The highest BCUT2D eigenvalue weighted by Crippen LogP contribution is 2.31. The highest BCUT2D eigenvalue weighted by molar-refractivity contribution is 8.01. The minimum absolute atomic E-state index is 0.183. The van der Waals surface area contributed by atoms with Crippen LogP contribution < -0.4 is 11.1 Å². The van der Waals surface area contributed by atoms with E-state index in [1.807, 2.05) is 25.1 Å². The second-order valence-electron chi connectivity index (χ2n) is 4.46. The number of anilines is 1. The van der Waals surface area contributed by atoms with Gasteiger partial charge in [0.1, 0.15) is 0 Å². The molecule has 0 radical (unpaired) electrons. The Morgan fingerprint density at radius 3 is 2.82 bits per heavy atom. The molecule has 0 spiro atoms. The minimum atomic E-state index is -0.387. The number of hydrogen-bond donors (Lipinski definition) is 2. The zero-order valence-corrected chi connectivity index (χ0v) is 14.1. The van der Waals surface area contributed by atoms with Crippen molar-refractivity contribution in [3.8, 4) is 0 Å². The van der Waals surface area contributed by atoms with Crippen molar-refractivity contribution in [2.24, 2.45) is 5.73 Å². The van der Waals surface area contributed by atoms with Crippen LogP contribution in [0, 0.1) is 6.92 Å². The van der Waals surface area contributed by atoms with Crippen LogP contribution in [0.4, 0.5) is 5.13 Å². The number of thiazole rings is 1. The molecule has 2 rings (SSSR count). The van der Waals surface area contributed by atoms with Crippen LogP contribution in [0.1, 0.15) is 11.3 Å². The van der Waals surface area contributed by atoms with E-state index in [-0.39, 0.29) is 24.0 Å². The minimum Gasteiger partial charge on any atom is -0.369 e. The van der Waals surface area contributed by atoms with Crippen molar-refractivity contribution >= 4 is 51.6 Å². The average Bonchev–Trinajstić information content (AvgIpc) is 2.79. The fourth-order valence-corrected chi connectivity index (χ4v) is 3.78. The summed E-state index contributed by atoms with van der Waals surface area (Å²) in [5, 5.41) is 3.81. The van der Waals surface area contributed by atoms with Gasteiger partial charge in [0.25, 0.3) is 0 Å². The summed E-state index contributed by atoms with van der Waals surface area (Å²) in [4.78, 5) is 27.1. The number of aromatic nitrogens is 1. The fraction of sp³-hybridized carbons (Fsp3) is 0.214. The summed E-state index contributed by atoms with van der Waals surface area (Å²) in [5.74, 6) is -0.383. The van der Waals surface area contributed by atoms with E-state index in [1.54, 1.807) is 6.07 Å². The summed E-state index contributed by atoms with van der Waals surface area (Å²) in [7, 11) is 0. The molecule has 0 unspecified atom stereocenters. The molecule has 0 aliphatic rings. The molecule has 1 aromatic carbocycles. The molecule has 1 aromatic heterocycles. The van der Waals surface area contributed by atoms with Crippen LogP contribution >= 0.6 is 34.7 Å². The molecular weight excluding hydrogens is 342 g/mol. The van der Waals surface area contributed by atoms with Crippen LogP contribution in [-0.2, 0) is 16.0 Å². The van der Waals surface area contributed by atoms with E-state index in [4.69, 9.17) is 17.3 Å². The van der Waals surface area contributed by atoms with E-state index < -0.39 is 0 Å². The lowest BCUT2D eigenvalue weighted by Gasteiger charge is -2.03. The molecule has 2 aromatic rings. The summed E-state index contributed by atoms with van der Waals surface area (Å²) in [6, 6.07) is 7.20. The molecule has 2 amide bonds. The van der Waals surface area contributed by atoms with Gasteiger partial charge in [-0.1, -0.05) is 41.1 Å². The van der Waals surface area contributed by atoms with Gasteiger partial charge >= 0.3 is 0 Å². The van der Waals surface area contributed by atoms with E-state index in [9.17, 15) is 9.59 Å². The first-order valence-corrected chi connectivity index (χ1v) is 8.55. The molecule has 1 heterocycles. The molecule has 5 nitrogen and oxygen atoms in total. The first-order valence-electron chi connectivity index (χ1n) is 6.37. The zero-order valence-electron chi connectivity index (χ0n) is 11.8. The number of thioether (sulfide) groups is 1. The highest BCUT2D eigenvalue weighted by atomic mass is 35.5. The Morgan fingerprint density at radius 2 is 2.14 bits per heavy atom. The van der Waals surface area contributed by atoms with Crippen LogP contribution in [-0.4, -0.2) is 22.6 Å². The number of benzene rings is 1. The number of halogens is 1. The van der Waals surface area contributed by atoms with Crippen molar-refractivity contribution in [1.29, 1.82) is 0 Å². The number of nitrogens with two attached hydrogens (primary N) is 1. The van der Waals surface area contributed by atoms with Gasteiger partial charge in [0.05, 0.1) is 22.1 Å². The van der Waals surface area contributed by atoms with Gasteiger partial charge in [-0.25, -0.2) is 4.98 Å². The molecule has 0 saturated heterocycles. The first-order chi connectivity index (χ1) is 10.5. The largest absolute Gasteiger partial charge is 0.369 e. The molecule has 0 saturated carbocycles. The molecule has 22 heavy (non-hydrogen) atoms. The predicted molar refractivity (Wildman–Crippen MR) is 90.6 cm³/mol. The van der Waals surface area contributed by atoms with Gasteiger partial charge in [0, 0.05) is 5.02 Å². The second-order valence-corrected chi connectivity index (χ2v) is 7.11. The quantitative estimate of drug-likeness (QED) is 0.780. The third kappa shape index (κ3) is 4.72. The summed E-state index contributed by atoms with van der Waals surface area (Å²) >= 11 is 8.67. The Balaban J connectivity index is 1.98. The second kappa shape index (κ2) is 7.62. The lowest BCUT2D eigenvalue weighted by molar-refractivity contribution is -0.116. The van der Waals surface area contributed by atoms with Crippen molar-refractivity contribution in [2.75, 3.05) is 11.1 Å². The van der Waals surface area contributed by atoms with Crippen LogP contribution in [0.5, 0.6) is 0 Å². The van der Waals surface area contributed by atoms with E-state index >= 15 is 0 Å².